The summed E-state index contributed by atoms with van der Waals surface area (Å²) in [5.41, 5.74) is 4.56. The van der Waals surface area contributed by atoms with Crippen LogP contribution in [0.2, 0.25) is 0 Å². The molecule has 22 heavy (non-hydrogen) atoms. The van der Waals surface area contributed by atoms with Crippen LogP contribution in [0.3, 0.4) is 0 Å². The summed E-state index contributed by atoms with van der Waals surface area (Å²) in [6, 6.07) is 10.5. The van der Waals surface area contributed by atoms with E-state index in [0.717, 1.165) is 22.3 Å². The highest BCUT2D eigenvalue weighted by atomic mass is 16.6. The Hall–Kier alpha value is -3.01. The summed E-state index contributed by atoms with van der Waals surface area (Å²) in [4.78, 5) is 34.9. The van der Waals surface area contributed by atoms with Crippen molar-refractivity contribution in [1.82, 2.24) is 0 Å². The van der Waals surface area contributed by atoms with Gasteiger partial charge in [0, 0.05) is 12.0 Å². The van der Waals surface area contributed by atoms with Crippen molar-refractivity contribution in [3.63, 3.8) is 0 Å². The van der Waals surface area contributed by atoms with Crippen molar-refractivity contribution in [3.05, 3.63) is 65.2 Å². The molecule has 4 nitrogen and oxygen atoms in total. The number of allylic oxidation sites excluding steroid dienone is 1. The maximum atomic E-state index is 11.8. The molecule has 0 atom stereocenters. The number of benzene rings is 2. The fourth-order valence-corrected chi connectivity index (χ4v) is 2.91. The standard InChI is InChI=1S/C18H10O4/c1-9-6-16(19)12-4-2-10(7-14(9)12)11-3-5-13-15(8-11)18(21)22-17(13)20/h2-5,7-8H,1,6H2. The van der Waals surface area contributed by atoms with E-state index in [-0.39, 0.29) is 16.9 Å². The van der Waals surface area contributed by atoms with Gasteiger partial charge in [-0.1, -0.05) is 24.8 Å². The van der Waals surface area contributed by atoms with Crippen LogP contribution in [0.15, 0.2) is 43.0 Å². The minimum atomic E-state index is -0.623. The van der Waals surface area contributed by atoms with E-state index in [1.807, 2.05) is 12.1 Å². The summed E-state index contributed by atoms with van der Waals surface area (Å²) >= 11 is 0. The number of ether oxygens (including phenoxy) is 1. The highest BCUT2D eigenvalue weighted by molar-refractivity contribution is 6.15. The molecule has 0 aromatic heterocycles. The van der Waals surface area contributed by atoms with Crippen LogP contribution in [0.4, 0.5) is 0 Å². The Bertz CT molecular complexity index is 830. The monoisotopic (exact) mass is 290 g/mol. The van der Waals surface area contributed by atoms with Crippen molar-refractivity contribution in [2.45, 2.75) is 6.42 Å². The lowest BCUT2D eigenvalue weighted by Crippen LogP contribution is -1.96. The molecule has 0 unspecified atom stereocenters. The summed E-state index contributed by atoms with van der Waals surface area (Å²) < 4.78 is 4.59. The molecule has 2 aliphatic rings. The zero-order valence-electron chi connectivity index (χ0n) is 11.5. The van der Waals surface area contributed by atoms with Crippen molar-refractivity contribution in [3.8, 4) is 11.1 Å². The Kier molecular flexibility index (Phi) is 2.45. The number of hydrogen-bond donors (Lipinski definition) is 0. The van der Waals surface area contributed by atoms with Gasteiger partial charge >= 0.3 is 11.9 Å². The average molecular weight is 290 g/mol. The minimum Gasteiger partial charge on any atom is -0.386 e. The van der Waals surface area contributed by atoms with Gasteiger partial charge in [-0.2, -0.15) is 0 Å². The molecule has 0 spiro atoms. The van der Waals surface area contributed by atoms with Gasteiger partial charge in [-0.15, -0.1) is 0 Å². The van der Waals surface area contributed by atoms with Crippen LogP contribution in [0, 0.1) is 0 Å². The maximum Gasteiger partial charge on any atom is 0.346 e. The van der Waals surface area contributed by atoms with E-state index in [1.165, 1.54) is 0 Å². The van der Waals surface area contributed by atoms with E-state index in [2.05, 4.69) is 11.3 Å². The van der Waals surface area contributed by atoms with E-state index in [4.69, 9.17) is 0 Å². The molecular formula is C18H10O4. The van der Waals surface area contributed by atoms with E-state index >= 15 is 0 Å². The Labute approximate surface area is 126 Å². The predicted molar refractivity (Wildman–Crippen MR) is 79.6 cm³/mol. The van der Waals surface area contributed by atoms with Crippen molar-refractivity contribution >= 4 is 23.3 Å². The van der Waals surface area contributed by atoms with E-state index in [1.54, 1.807) is 24.3 Å². The van der Waals surface area contributed by atoms with Gasteiger partial charge in [0.25, 0.3) is 0 Å². The lowest BCUT2D eigenvalue weighted by Gasteiger charge is -2.06. The number of carbonyl (C=O) groups is 3. The average Bonchev–Trinajstić information content (AvgIpc) is 2.96. The van der Waals surface area contributed by atoms with Crippen LogP contribution in [0.25, 0.3) is 16.7 Å². The number of ketones is 1. The van der Waals surface area contributed by atoms with Gasteiger partial charge in [-0.05, 0) is 40.5 Å². The Morgan fingerprint density at radius 1 is 0.773 bits per heavy atom. The molecule has 2 aromatic rings. The molecule has 2 aromatic carbocycles. The van der Waals surface area contributed by atoms with Crippen LogP contribution in [-0.2, 0) is 4.74 Å². The summed E-state index contributed by atoms with van der Waals surface area (Å²) in [6.07, 6.45) is 0.351. The second-order valence-electron chi connectivity index (χ2n) is 5.40. The Morgan fingerprint density at radius 3 is 2.09 bits per heavy atom. The maximum absolute atomic E-state index is 11.8. The van der Waals surface area contributed by atoms with E-state index in [9.17, 15) is 14.4 Å². The van der Waals surface area contributed by atoms with Crippen molar-refractivity contribution in [1.29, 1.82) is 0 Å². The van der Waals surface area contributed by atoms with Crippen LogP contribution in [-0.4, -0.2) is 17.7 Å². The zero-order chi connectivity index (χ0) is 15.4. The second-order valence-corrected chi connectivity index (χ2v) is 5.40. The SMILES string of the molecule is C=C1CC(=O)c2ccc(-c3ccc4c(c3)C(=O)OC4=O)cc21. The first-order chi connectivity index (χ1) is 10.5. The molecule has 106 valence electrons. The molecule has 0 saturated heterocycles. The lowest BCUT2D eigenvalue weighted by molar-refractivity contribution is 0.0443. The summed E-state index contributed by atoms with van der Waals surface area (Å²) in [5, 5.41) is 0. The number of cyclic esters (lactones) is 2. The highest BCUT2D eigenvalue weighted by Gasteiger charge is 2.30. The van der Waals surface area contributed by atoms with Crippen molar-refractivity contribution in [2.75, 3.05) is 0 Å². The Balaban J connectivity index is 1.84. The largest absolute Gasteiger partial charge is 0.386 e. The van der Waals surface area contributed by atoms with Crippen LogP contribution < -0.4 is 0 Å². The Morgan fingerprint density at radius 2 is 1.36 bits per heavy atom. The topological polar surface area (TPSA) is 60.4 Å². The van der Waals surface area contributed by atoms with Crippen LogP contribution in [0.1, 0.15) is 43.1 Å². The van der Waals surface area contributed by atoms with E-state index < -0.39 is 11.9 Å². The molecule has 0 amide bonds. The van der Waals surface area contributed by atoms with Crippen molar-refractivity contribution in [2.24, 2.45) is 0 Å². The smallest absolute Gasteiger partial charge is 0.346 e. The number of rotatable bonds is 1. The molecule has 0 bridgehead atoms. The number of hydrogen-bond acceptors (Lipinski definition) is 4. The van der Waals surface area contributed by atoms with Crippen LogP contribution in [0.5, 0.6) is 0 Å². The van der Waals surface area contributed by atoms with Gasteiger partial charge in [0.1, 0.15) is 0 Å². The summed E-state index contributed by atoms with van der Waals surface area (Å²) in [6.45, 7) is 3.92. The van der Waals surface area contributed by atoms with Gasteiger partial charge in [0.15, 0.2) is 5.78 Å². The molecule has 1 aliphatic carbocycles. The number of carbonyl (C=O) groups excluding carboxylic acids is 3. The van der Waals surface area contributed by atoms with Gasteiger partial charge in [0.05, 0.1) is 11.1 Å². The molecular weight excluding hydrogens is 280 g/mol. The fourth-order valence-electron chi connectivity index (χ4n) is 2.91. The normalized spacial score (nSPS) is 15.8. The van der Waals surface area contributed by atoms with Gasteiger partial charge in [-0.3, -0.25) is 4.79 Å². The molecule has 1 aliphatic heterocycles. The predicted octanol–water partition coefficient (Wildman–Crippen LogP) is 3.26. The van der Waals surface area contributed by atoms with Crippen molar-refractivity contribution < 1.29 is 19.1 Å². The van der Waals surface area contributed by atoms with Gasteiger partial charge < -0.3 is 4.74 Å². The fraction of sp³-hybridized carbons (Fsp3) is 0.0556. The third kappa shape index (κ3) is 1.67. The first-order valence-corrected chi connectivity index (χ1v) is 6.81. The molecule has 0 saturated carbocycles. The minimum absolute atomic E-state index is 0.0784. The third-order valence-corrected chi connectivity index (χ3v) is 4.05. The second kappa shape index (κ2) is 4.24. The number of esters is 2. The first-order valence-electron chi connectivity index (χ1n) is 6.81. The number of Topliss-reactive ketones (excluding diaryl/α,β-unsaturated/α-hetero) is 1. The molecule has 0 N–H and O–H groups in total. The summed E-state index contributed by atoms with van der Waals surface area (Å²) in [5.74, 6) is -1.16. The van der Waals surface area contributed by atoms with Gasteiger partial charge in [0.2, 0.25) is 0 Å². The molecule has 1 heterocycles. The highest BCUT2D eigenvalue weighted by Crippen LogP contribution is 2.35. The molecule has 4 rings (SSSR count). The lowest BCUT2D eigenvalue weighted by atomic mass is 9.96. The quantitative estimate of drug-likeness (QED) is 0.597. The van der Waals surface area contributed by atoms with Gasteiger partial charge in [-0.25, -0.2) is 9.59 Å². The molecule has 0 fully saturated rings. The third-order valence-electron chi connectivity index (χ3n) is 4.05. The van der Waals surface area contributed by atoms with Crippen LogP contribution >= 0.6 is 0 Å². The molecule has 4 heteroatoms. The zero-order valence-corrected chi connectivity index (χ0v) is 11.5. The number of fused-ring (bicyclic) bond motifs is 2. The molecule has 0 radical (unpaired) electrons. The summed E-state index contributed by atoms with van der Waals surface area (Å²) in [7, 11) is 0. The van der Waals surface area contributed by atoms with E-state index in [0.29, 0.717) is 12.0 Å². The first kappa shape index (κ1) is 12.7.